The average Bonchev–Trinajstić information content (AvgIpc) is 2.57. The Morgan fingerprint density at radius 1 is 0.826 bits per heavy atom. The highest BCUT2D eigenvalue weighted by Gasteiger charge is 2.63. The molecule has 0 heterocycles. The van der Waals surface area contributed by atoms with Crippen LogP contribution in [0.3, 0.4) is 0 Å². The number of carbonyl (C=O) groups is 1. The Hall–Kier alpha value is -0.790. The molecule has 0 N–H and O–H groups in total. The van der Waals surface area contributed by atoms with Gasteiger partial charge in [-0.15, -0.1) is 0 Å². The van der Waals surface area contributed by atoms with Crippen molar-refractivity contribution in [3.8, 4) is 0 Å². The van der Waals surface area contributed by atoms with Gasteiger partial charge in [0.25, 0.3) is 0 Å². The monoisotopic (exact) mass is 316 g/mol. The summed E-state index contributed by atoms with van der Waals surface area (Å²) in [4.78, 5) is 10.6. The van der Waals surface area contributed by atoms with Crippen molar-refractivity contribution in [2.24, 2.45) is 53.3 Å². The molecular weight excluding hydrogens is 284 g/mol. The van der Waals surface area contributed by atoms with E-state index in [1.54, 1.807) is 38.5 Å². The summed E-state index contributed by atoms with van der Waals surface area (Å²) in [5.74, 6) is 9.60. The van der Waals surface area contributed by atoms with E-state index in [2.05, 4.69) is 11.3 Å². The van der Waals surface area contributed by atoms with Crippen molar-refractivity contribution in [1.29, 1.82) is 0 Å². The lowest BCUT2D eigenvalue weighted by atomic mass is 9.36. The lowest BCUT2D eigenvalue weighted by Crippen LogP contribution is -2.62. The largest absolute Gasteiger partial charge is 0.466 e. The van der Waals surface area contributed by atoms with E-state index in [1.165, 1.54) is 54.5 Å². The van der Waals surface area contributed by atoms with Crippen LogP contribution in [0.2, 0.25) is 0 Å². The third-order valence-corrected chi connectivity index (χ3v) is 8.08. The van der Waals surface area contributed by atoms with Gasteiger partial charge in [0.15, 0.2) is 0 Å². The first-order chi connectivity index (χ1) is 11.0. The first-order valence-corrected chi connectivity index (χ1v) is 9.76. The Morgan fingerprint density at radius 3 is 1.30 bits per heavy atom. The summed E-state index contributed by atoms with van der Waals surface area (Å²) >= 11 is 0. The molecule has 2 heteroatoms. The summed E-state index contributed by atoms with van der Waals surface area (Å²) in [6.45, 7) is 7.35. The summed E-state index contributed by atoms with van der Waals surface area (Å²) in [6.07, 6.45) is 9.93. The van der Waals surface area contributed by atoms with Crippen LogP contribution in [0.5, 0.6) is 0 Å². The van der Waals surface area contributed by atoms with Gasteiger partial charge < -0.3 is 4.74 Å². The molecule has 0 unspecified atom stereocenters. The fourth-order valence-corrected chi connectivity index (χ4v) is 7.26. The van der Waals surface area contributed by atoms with Crippen molar-refractivity contribution >= 4 is 5.97 Å². The van der Waals surface area contributed by atoms with Crippen molar-refractivity contribution in [2.75, 3.05) is 7.11 Å². The van der Waals surface area contributed by atoms with Crippen LogP contribution in [-0.4, -0.2) is 13.1 Å². The molecule has 0 radical (unpaired) electrons. The second kappa shape index (κ2) is 5.63. The minimum atomic E-state index is -0.315. The van der Waals surface area contributed by atoms with Crippen LogP contribution in [0.4, 0.5) is 0 Å². The zero-order chi connectivity index (χ0) is 16.3. The molecule has 8 bridgehead atoms. The first kappa shape index (κ1) is 15.7. The van der Waals surface area contributed by atoms with E-state index in [1.807, 2.05) is 13.8 Å². The Balaban J connectivity index is 0.000000134. The summed E-state index contributed by atoms with van der Waals surface area (Å²) in [7, 11) is 1.36. The average molecular weight is 316 g/mol. The number of methoxy groups -OCH3 is 1. The van der Waals surface area contributed by atoms with Gasteiger partial charge in [-0.25, -0.2) is 4.79 Å². The molecule has 128 valence electrons. The number of hydrogen-bond donors (Lipinski definition) is 0. The number of ether oxygens (including phenoxy) is 1. The predicted octanol–water partition coefficient (Wildman–Crippen LogP) is 4.70. The van der Waals surface area contributed by atoms with Crippen LogP contribution in [0.1, 0.15) is 52.4 Å². The molecule has 0 aromatic carbocycles. The third-order valence-electron chi connectivity index (χ3n) is 8.08. The standard InChI is InChI=1S/C14H20.C7H12O2/c1-7-2-12-10-4-8-5-11(9(1)10)13(3-7)14(12)6-8;1-5(2)6(3)7(8)9-4/h7-14H,1-6H2;5H,3H2,1-2,4H3. The Morgan fingerprint density at radius 2 is 1.13 bits per heavy atom. The van der Waals surface area contributed by atoms with Gasteiger partial charge in [0.05, 0.1) is 7.11 Å². The summed E-state index contributed by atoms with van der Waals surface area (Å²) < 4.78 is 4.43. The maximum absolute atomic E-state index is 10.6. The molecule has 0 amide bonds. The molecule has 7 aliphatic carbocycles. The minimum absolute atomic E-state index is 0.178. The third kappa shape index (κ3) is 2.39. The van der Waals surface area contributed by atoms with Gasteiger partial charge in [0, 0.05) is 5.57 Å². The van der Waals surface area contributed by atoms with Gasteiger partial charge in [0.1, 0.15) is 0 Å². The molecule has 7 saturated carbocycles. The molecule has 0 aliphatic heterocycles. The van der Waals surface area contributed by atoms with Crippen molar-refractivity contribution in [1.82, 2.24) is 0 Å². The van der Waals surface area contributed by atoms with Gasteiger partial charge in [0.2, 0.25) is 0 Å². The second-order valence-corrected chi connectivity index (χ2v) is 9.30. The molecule has 7 fully saturated rings. The van der Waals surface area contributed by atoms with Crippen molar-refractivity contribution < 1.29 is 9.53 Å². The highest BCUT2D eigenvalue weighted by Crippen LogP contribution is 2.71. The van der Waals surface area contributed by atoms with Crippen molar-refractivity contribution in [3.63, 3.8) is 0 Å². The number of hydrogen-bond acceptors (Lipinski definition) is 2. The van der Waals surface area contributed by atoms with Gasteiger partial charge in [-0.05, 0) is 91.8 Å². The highest BCUT2D eigenvalue weighted by molar-refractivity contribution is 5.87. The van der Waals surface area contributed by atoms with E-state index in [4.69, 9.17) is 0 Å². The topological polar surface area (TPSA) is 26.3 Å². The Kier molecular flexibility index (Phi) is 3.85. The lowest BCUT2D eigenvalue weighted by Gasteiger charge is -2.69. The molecule has 7 aliphatic rings. The molecule has 2 nitrogen and oxygen atoms in total. The van der Waals surface area contributed by atoms with Crippen LogP contribution >= 0.6 is 0 Å². The maximum atomic E-state index is 10.6. The fraction of sp³-hybridized carbons (Fsp3) is 0.857. The zero-order valence-electron chi connectivity index (χ0n) is 15.0. The molecule has 7 rings (SSSR count). The van der Waals surface area contributed by atoms with Crippen LogP contribution in [0.15, 0.2) is 12.2 Å². The summed E-state index contributed by atoms with van der Waals surface area (Å²) in [5.41, 5.74) is 0.525. The van der Waals surface area contributed by atoms with Crippen molar-refractivity contribution in [3.05, 3.63) is 12.2 Å². The van der Waals surface area contributed by atoms with Crippen molar-refractivity contribution in [2.45, 2.75) is 52.4 Å². The fourth-order valence-electron chi connectivity index (χ4n) is 7.26. The van der Waals surface area contributed by atoms with E-state index < -0.39 is 0 Å². The summed E-state index contributed by atoms with van der Waals surface area (Å²) in [6, 6.07) is 0. The molecule has 0 aromatic rings. The molecule has 23 heavy (non-hydrogen) atoms. The Bertz CT molecular complexity index is 418. The SMILES string of the molecule is C1C2CC3C4CC5CC(C14)C(C2)C3C5.C=C(C(=O)OC)C(C)C. The normalized spacial score (nSPS) is 47.5. The number of esters is 1. The van der Waals surface area contributed by atoms with Gasteiger partial charge in [-0.1, -0.05) is 20.4 Å². The van der Waals surface area contributed by atoms with Gasteiger partial charge in [-0.2, -0.15) is 0 Å². The smallest absolute Gasteiger partial charge is 0.333 e. The van der Waals surface area contributed by atoms with Crippen LogP contribution in [0, 0.1) is 53.3 Å². The first-order valence-electron chi connectivity index (χ1n) is 9.76. The van der Waals surface area contributed by atoms with E-state index in [0.29, 0.717) is 5.57 Å². The molecule has 0 saturated heterocycles. The van der Waals surface area contributed by atoms with E-state index in [9.17, 15) is 4.79 Å². The number of rotatable bonds is 2. The highest BCUT2D eigenvalue weighted by atomic mass is 16.5. The van der Waals surface area contributed by atoms with E-state index in [0.717, 1.165) is 0 Å². The van der Waals surface area contributed by atoms with E-state index in [-0.39, 0.29) is 11.9 Å². The minimum Gasteiger partial charge on any atom is -0.466 e. The zero-order valence-corrected chi connectivity index (χ0v) is 15.0. The second-order valence-electron chi connectivity index (χ2n) is 9.30. The van der Waals surface area contributed by atoms with Crippen LogP contribution in [0.25, 0.3) is 0 Å². The molecule has 0 spiro atoms. The lowest BCUT2D eigenvalue weighted by molar-refractivity contribution is -0.202. The maximum Gasteiger partial charge on any atom is 0.333 e. The molecule has 0 aromatic heterocycles. The van der Waals surface area contributed by atoms with Gasteiger partial charge >= 0.3 is 5.97 Å². The predicted molar refractivity (Wildman–Crippen MR) is 91.6 cm³/mol. The molecule has 0 atom stereocenters. The quantitative estimate of drug-likeness (QED) is 0.545. The number of carbonyl (C=O) groups excluding carboxylic acids is 1. The van der Waals surface area contributed by atoms with Crippen LogP contribution in [-0.2, 0) is 9.53 Å². The van der Waals surface area contributed by atoms with E-state index >= 15 is 0 Å². The summed E-state index contributed by atoms with van der Waals surface area (Å²) in [5, 5.41) is 0. The van der Waals surface area contributed by atoms with Gasteiger partial charge in [-0.3, -0.25) is 0 Å². The van der Waals surface area contributed by atoms with Crippen LogP contribution < -0.4 is 0 Å². The Labute approximate surface area is 141 Å². The molecular formula is C21H32O2.